The average molecular weight is 471 g/mol. The fourth-order valence-corrected chi connectivity index (χ4v) is 11.2. The minimum absolute atomic E-state index is 0.105. The first-order valence-corrected chi connectivity index (χ1v) is 14.7. The van der Waals surface area contributed by atoms with E-state index in [1.165, 1.54) is 44.9 Å². The Labute approximate surface area is 208 Å². The van der Waals surface area contributed by atoms with Crippen molar-refractivity contribution in [2.45, 2.75) is 125 Å². The van der Waals surface area contributed by atoms with Crippen molar-refractivity contribution in [1.29, 1.82) is 0 Å². The van der Waals surface area contributed by atoms with Crippen molar-refractivity contribution >= 4 is 5.78 Å². The molecule has 0 N–H and O–H groups in total. The molecule has 0 bridgehead atoms. The first-order chi connectivity index (χ1) is 15.9. The van der Waals surface area contributed by atoms with Gasteiger partial charge in [0.05, 0.1) is 12.2 Å². The van der Waals surface area contributed by atoms with E-state index in [1.54, 1.807) is 0 Å². The fraction of sp³-hybridized carbons (Fsp3) is 0.968. The predicted molar refractivity (Wildman–Crippen MR) is 135 cm³/mol. The third-order valence-corrected chi connectivity index (χ3v) is 13.3. The highest BCUT2D eigenvalue weighted by Crippen LogP contribution is 2.80. The van der Waals surface area contributed by atoms with Crippen LogP contribution in [0.1, 0.15) is 107 Å². The minimum atomic E-state index is -0.495. The highest BCUT2D eigenvalue weighted by Gasteiger charge is 2.77. The Morgan fingerprint density at radius 3 is 2.24 bits per heavy atom. The smallest absolute Gasteiger partial charge is 0.163 e. The molecule has 1 spiro atoms. The molecule has 12 atom stereocenters. The lowest BCUT2D eigenvalue weighted by Gasteiger charge is -2.58. The molecule has 5 aliphatic carbocycles. The van der Waals surface area contributed by atoms with Crippen molar-refractivity contribution in [2.75, 3.05) is 0 Å². The van der Waals surface area contributed by atoms with Crippen LogP contribution in [-0.4, -0.2) is 23.8 Å². The van der Waals surface area contributed by atoms with Gasteiger partial charge >= 0.3 is 0 Å². The summed E-state index contributed by atoms with van der Waals surface area (Å²) in [7, 11) is 0. The molecule has 6 fully saturated rings. The zero-order chi connectivity index (χ0) is 24.4. The SMILES string of the molecule is CC(C)[C@H](C)[C@H]1OC(C)(C)O[C@@H]1[C@@H](C)[C@H]1CC[C@H]2[C@@H]3CC(=O)[C@]45C[C@@H]4CC[C@]5(C)[C@H]3CC[C@]12C. The van der Waals surface area contributed by atoms with E-state index >= 15 is 0 Å². The maximum atomic E-state index is 13.6. The molecule has 6 rings (SSSR count). The summed E-state index contributed by atoms with van der Waals surface area (Å²) in [5, 5.41) is 0. The second kappa shape index (κ2) is 7.33. The largest absolute Gasteiger partial charge is 0.344 e. The molecule has 1 saturated heterocycles. The average Bonchev–Trinajstić information content (AvgIpc) is 3.10. The third kappa shape index (κ3) is 2.92. The highest BCUT2D eigenvalue weighted by molar-refractivity contribution is 5.91. The van der Waals surface area contributed by atoms with E-state index in [0.717, 1.165) is 18.3 Å². The van der Waals surface area contributed by atoms with Crippen LogP contribution in [0.2, 0.25) is 0 Å². The monoisotopic (exact) mass is 470 g/mol. The molecule has 0 radical (unpaired) electrons. The lowest BCUT2D eigenvalue weighted by Crippen LogP contribution is -2.55. The molecule has 6 aliphatic rings. The predicted octanol–water partition coefficient (Wildman–Crippen LogP) is 7.27. The van der Waals surface area contributed by atoms with Crippen LogP contribution in [0.25, 0.3) is 0 Å². The van der Waals surface area contributed by atoms with Gasteiger partial charge in [-0.25, -0.2) is 0 Å². The lowest BCUT2D eigenvalue weighted by molar-refractivity contribution is -0.161. The summed E-state index contributed by atoms with van der Waals surface area (Å²) in [6.07, 6.45) is 10.4. The van der Waals surface area contributed by atoms with Gasteiger partial charge in [0.2, 0.25) is 0 Å². The molecule has 0 aromatic carbocycles. The fourth-order valence-electron chi connectivity index (χ4n) is 11.2. The van der Waals surface area contributed by atoms with E-state index in [2.05, 4.69) is 55.4 Å². The second-order valence-electron chi connectivity index (χ2n) is 15.1. The van der Waals surface area contributed by atoms with E-state index in [0.29, 0.717) is 52.1 Å². The molecule has 3 nitrogen and oxygen atoms in total. The summed E-state index contributed by atoms with van der Waals surface area (Å²) in [4.78, 5) is 13.6. The molecular weight excluding hydrogens is 420 g/mol. The van der Waals surface area contributed by atoms with Crippen molar-refractivity contribution < 1.29 is 14.3 Å². The van der Waals surface area contributed by atoms with Crippen LogP contribution in [-0.2, 0) is 14.3 Å². The standard InChI is InChI=1S/C31H50O3/c1-17(2)18(3)26-27(34-28(5,6)33-26)19(4)22-9-10-23-21-15-25(32)31-16-20(31)11-14-30(31,8)24(21)12-13-29(22,23)7/h17-24,26-27H,9-16H2,1-8H3/t18-,19-,20-,21-,22+,23-,24-,26+,27+,29+,30+,31-/m0/s1. The van der Waals surface area contributed by atoms with Crippen molar-refractivity contribution in [1.82, 2.24) is 0 Å². The molecule has 192 valence electrons. The van der Waals surface area contributed by atoms with Crippen LogP contribution in [0, 0.1) is 63.6 Å². The Morgan fingerprint density at radius 2 is 1.56 bits per heavy atom. The van der Waals surface area contributed by atoms with Gasteiger partial charge in [-0.2, -0.15) is 0 Å². The summed E-state index contributed by atoms with van der Waals surface area (Å²) in [5.41, 5.74) is 0.742. The Morgan fingerprint density at radius 1 is 0.853 bits per heavy atom. The molecule has 0 unspecified atom stereocenters. The third-order valence-electron chi connectivity index (χ3n) is 13.3. The van der Waals surface area contributed by atoms with Gasteiger partial charge in [-0.3, -0.25) is 4.79 Å². The maximum Gasteiger partial charge on any atom is 0.163 e. The van der Waals surface area contributed by atoms with E-state index in [4.69, 9.17) is 9.47 Å². The number of hydrogen-bond donors (Lipinski definition) is 0. The molecule has 5 saturated carbocycles. The van der Waals surface area contributed by atoms with Crippen LogP contribution in [0.4, 0.5) is 0 Å². The zero-order valence-electron chi connectivity index (χ0n) is 23.2. The zero-order valence-corrected chi connectivity index (χ0v) is 23.2. The van der Waals surface area contributed by atoms with E-state index in [1.807, 2.05) is 0 Å². The topological polar surface area (TPSA) is 35.5 Å². The maximum absolute atomic E-state index is 13.6. The van der Waals surface area contributed by atoms with Crippen LogP contribution in [0.3, 0.4) is 0 Å². The van der Waals surface area contributed by atoms with Gasteiger partial charge in [-0.05, 0) is 117 Å². The summed E-state index contributed by atoms with van der Waals surface area (Å²) < 4.78 is 13.2. The first kappa shape index (κ1) is 24.0. The van der Waals surface area contributed by atoms with E-state index < -0.39 is 5.79 Å². The van der Waals surface area contributed by atoms with Crippen LogP contribution < -0.4 is 0 Å². The van der Waals surface area contributed by atoms with Crippen molar-refractivity contribution in [3.63, 3.8) is 0 Å². The molecular formula is C31H50O3. The quantitative estimate of drug-likeness (QED) is 0.433. The van der Waals surface area contributed by atoms with Gasteiger partial charge < -0.3 is 9.47 Å². The Bertz CT molecular complexity index is 863. The molecule has 1 aliphatic heterocycles. The van der Waals surface area contributed by atoms with Gasteiger partial charge in [0.15, 0.2) is 5.79 Å². The van der Waals surface area contributed by atoms with Crippen molar-refractivity contribution in [3.05, 3.63) is 0 Å². The van der Waals surface area contributed by atoms with Crippen LogP contribution in [0.5, 0.6) is 0 Å². The van der Waals surface area contributed by atoms with Gasteiger partial charge in [-0.15, -0.1) is 0 Å². The molecule has 34 heavy (non-hydrogen) atoms. The Balaban J connectivity index is 1.26. The molecule has 0 amide bonds. The van der Waals surface area contributed by atoms with Gasteiger partial charge in [0, 0.05) is 11.8 Å². The number of rotatable bonds is 4. The molecule has 3 heteroatoms. The normalized spacial score (nSPS) is 54.9. The Hall–Kier alpha value is -0.410. The summed E-state index contributed by atoms with van der Waals surface area (Å²) in [5.74, 6) is 5.24. The van der Waals surface area contributed by atoms with E-state index in [-0.39, 0.29) is 17.6 Å². The van der Waals surface area contributed by atoms with Crippen molar-refractivity contribution in [3.8, 4) is 0 Å². The number of ketones is 1. The molecule has 0 aromatic rings. The summed E-state index contributed by atoms with van der Waals surface area (Å²) in [6, 6.07) is 0. The number of carbonyl (C=O) groups excluding carboxylic acids is 1. The van der Waals surface area contributed by atoms with E-state index in [9.17, 15) is 4.79 Å². The highest BCUT2D eigenvalue weighted by atomic mass is 16.8. The molecule has 0 aromatic heterocycles. The van der Waals surface area contributed by atoms with Gasteiger partial charge in [0.1, 0.15) is 5.78 Å². The number of ether oxygens (including phenoxy) is 2. The van der Waals surface area contributed by atoms with Crippen LogP contribution >= 0.6 is 0 Å². The van der Waals surface area contributed by atoms with Gasteiger partial charge in [0.25, 0.3) is 0 Å². The number of hydrogen-bond acceptors (Lipinski definition) is 3. The first-order valence-electron chi connectivity index (χ1n) is 14.7. The lowest BCUT2D eigenvalue weighted by atomic mass is 9.45. The summed E-state index contributed by atoms with van der Waals surface area (Å²) in [6.45, 7) is 18.8. The second-order valence-corrected chi connectivity index (χ2v) is 15.1. The van der Waals surface area contributed by atoms with Crippen molar-refractivity contribution in [2.24, 2.45) is 63.6 Å². The number of Topliss-reactive ketones (excluding diaryl/α,β-unsaturated/α-hetero) is 1. The number of fused-ring (bicyclic) bond motifs is 4. The summed E-state index contributed by atoms with van der Waals surface area (Å²) >= 11 is 0. The molecule has 1 heterocycles. The minimum Gasteiger partial charge on any atom is -0.344 e. The number of carbonyl (C=O) groups is 1. The Kier molecular flexibility index (Phi) is 5.17. The van der Waals surface area contributed by atoms with Gasteiger partial charge in [-0.1, -0.05) is 41.5 Å². The van der Waals surface area contributed by atoms with Crippen LogP contribution in [0.15, 0.2) is 0 Å².